The van der Waals surface area contributed by atoms with Gasteiger partial charge < -0.3 is 24.8 Å². The molecule has 2 unspecified atom stereocenters. The highest BCUT2D eigenvalue weighted by Crippen LogP contribution is 2.33. The molecule has 0 spiro atoms. The Balaban J connectivity index is 1.54. The molecule has 2 aliphatic heterocycles. The van der Waals surface area contributed by atoms with E-state index >= 15 is 0 Å². The molecular weight excluding hydrogens is 354 g/mol. The molecule has 0 aliphatic carbocycles. The zero-order valence-electron chi connectivity index (χ0n) is 17.5. The highest BCUT2D eigenvalue weighted by atomic mass is 16.5. The van der Waals surface area contributed by atoms with E-state index < -0.39 is 0 Å². The van der Waals surface area contributed by atoms with E-state index in [4.69, 9.17) is 14.2 Å². The second-order valence-corrected chi connectivity index (χ2v) is 7.91. The predicted molar refractivity (Wildman–Crippen MR) is 112 cm³/mol. The maximum atomic E-state index is 6.14. The van der Waals surface area contributed by atoms with Crippen molar-refractivity contribution in [3.63, 3.8) is 0 Å². The zero-order chi connectivity index (χ0) is 19.8. The van der Waals surface area contributed by atoms with Crippen molar-refractivity contribution in [1.82, 2.24) is 10.6 Å². The molecule has 6 heteroatoms. The van der Waals surface area contributed by atoms with Crippen molar-refractivity contribution in [2.24, 2.45) is 10.9 Å². The van der Waals surface area contributed by atoms with Crippen LogP contribution in [0.3, 0.4) is 0 Å². The number of aliphatic imine (C=N–C) groups is 1. The van der Waals surface area contributed by atoms with E-state index in [0.29, 0.717) is 5.92 Å². The first-order chi connectivity index (χ1) is 13.7. The number of nitrogens with zero attached hydrogens (tertiary/aromatic N) is 1. The van der Waals surface area contributed by atoms with Gasteiger partial charge >= 0.3 is 0 Å². The van der Waals surface area contributed by atoms with Gasteiger partial charge in [0.15, 0.2) is 5.96 Å². The van der Waals surface area contributed by atoms with Crippen molar-refractivity contribution in [3.05, 3.63) is 35.4 Å². The summed E-state index contributed by atoms with van der Waals surface area (Å²) < 4.78 is 17.4. The molecule has 0 saturated carbocycles. The monoisotopic (exact) mass is 389 g/mol. The van der Waals surface area contributed by atoms with E-state index in [1.165, 1.54) is 11.1 Å². The third kappa shape index (κ3) is 5.46. The fraction of sp³-hybridized carbons (Fsp3) is 0.682. The first-order valence-corrected chi connectivity index (χ1v) is 10.4. The largest absolute Gasteiger partial charge is 0.381 e. The molecule has 6 nitrogen and oxygen atoms in total. The van der Waals surface area contributed by atoms with Gasteiger partial charge in [-0.15, -0.1) is 0 Å². The number of guanidine groups is 1. The second kappa shape index (κ2) is 10.2. The number of hydrogen-bond donors (Lipinski definition) is 2. The average molecular weight is 390 g/mol. The number of nitrogens with one attached hydrogen (secondary N) is 2. The van der Waals surface area contributed by atoms with E-state index in [0.717, 1.165) is 64.6 Å². The van der Waals surface area contributed by atoms with Crippen LogP contribution in [0.2, 0.25) is 0 Å². The van der Waals surface area contributed by atoms with E-state index in [-0.39, 0.29) is 11.7 Å². The van der Waals surface area contributed by atoms with Gasteiger partial charge in [-0.2, -0.15) is 0 Å². The van der Waals surface area contributed by atoms with Crippen LogP contribution in [0.4, 0.5) is 0 Å². The lowest BCUT2D eigenvalue weighted by Gasteiger charge is -2.36. The predicted octanol–water partition coefficient (Wildman–Crippen LogP) is 2.82. The summed E-state index contributed by atoms with van der Waals surface area (Å²) >= 11 is 0. The molecule has 1 aromatic carbocycles. The summed E-state index contributed by atoms with van der Waals surface area (Å²) in [5.41, 5.74) is 2.37. The zero-order valence-corrected chi connectivity index (χ0v) is 17.5. The lowest BCUT2D eigenvalue weighted by Crippen LogP contribution is -2.51. The first kappa shape index (κ1) is 21.1. The summed E-state index contributed by atoms with van der Waals surface area (Å²) in [4.78, 5) is 4.40. The summed E-state index contributed by atoms with van der Waals surface area (Å²) in [7, 11) is 3.60. The summed E-state index contributed by atoms with van der Waals surface area (Å²) in [6.45, 7) is 6.01. The molecule has 0 bridgehead atoms. The van der Waals surface area contributed by atoms with Gasteiger partial charge in [0, 0.05) is 65.8 Å². The maximum absolute atomic E-state index is 6.14. The van der Waals surface area contributed by atoms with Gasteiger partial charge in [-0.05, 0) is 25.3 Å². The molecule has 2 heterocycles. The number of hydrogen-bond acceptors (Lipinski definition) is 4. The number of benzene rings is 1. The highest BCUT2D eigenvalue weighted by Gasteiger charge is 2.33. The summed E-state index contributed by atoms with van der Waals surface area (Å²) in [6, 6.07) is 8.71. The molecule has 0 amide bonds. The molecule has 2 saturated heterocycles. The molecular formula is C22H35N3O3. The molecule has 2 aliphatic rings. The Morgan fingerprint density at radius 1 is 1.18 bits per heavy atom. The fourth-order valence-electron chi connectivity index (χ4n) is 4.07. The Hall–Kier alpha value is -1.63. The van der Waals surface area contributed by atoms with Crippen molar-refractivity contribution in [3.8, 4) is 0 Å². The Bertz CT molecular complexity index is 626. The van der Waals surface area contributed by atoms with E-state index in [9.17, 15) is 0 Å². The van der Waals surface area contributed by atoms with Crippen LogP contribution in [-0.2, 0) is 14.2 Å². The SMILES string of the molecule is CN=C(NCC1CCCOC1c1ccc(C)cc1)NCC1(OC)CCOCC1. The van der Waals surface area contributed by atoms with Crippen molar-refractivity contribution >= 4 is 5.96 Å². The molecule has 3 rings (SSSR count). The number of aryl methyl sites for hydroxylation is 1. The molecule has 2 N–H and O–H groups in total. The third-order valence-corrected chi connectivity index (χ3v) is 6.02. The minimum Gasteiger partial charge on any atom is -0.381 e. The summed E-state index contributed by atoms with van der Waals surface area (Å²) in [5.74, 6) is 1.24. The molecule has 156 valence electrons. The maximum Gasteiger partial charge on any atom is 0.191 e. The lowest BCUT2D eigenvalue weighted by molar-refractivity contribution is -0.0856. The minimum absolute atomic E-state index is 0.140. The molecule has 0 radical (unpaired) electrons. The van der Waals surface area contributed by atoms with Crippen LogP contribution in [0.15, 0.2) is 29.3 Å². The summed E-state index contributed by atoms with van der Waals surface area (Å²) in [6.07, 6.45) is 4.20. The first-order valence-electron chi connectivity index (χ1n) is 10.4. The van der Waals surface area contributed by atoms with Gasteiger partial charge in [0.2, 0.25) is 0 Å². The Labute approximate surface area is 169 Å². The van der Waals surface area contributed by atoms with Crippen LogP contribution in [0.25, 0.3) is 0 Å². The number of methoxy groups -OCH3 is 1. The van der Waals surface area contributed by atoms with Gasteiger partial charge in [-0.3, -0.25) is 4.99 Å². The van der Waals surface area contributed by atoms with E-state index in [1.807, 2.05) is 7.05 Å². The molecule has 2 atom stereocenters. The van der Waals surface area contributed by atoms with E-state index in [2.05, 4.69) is 46.8 Å². The van der Waals surface area contributed by atoms with Gasteiger partial charge in [-0.25, -0.2) is 0 Å². The number of rotatable bonds is 6. The van der Waals surface area contributed by atoms with Crippen molar-refractivity contribution in [1.29, 1.82) is 0 Å². The minimum atomic E-state index is -0.172. The van der Waals surface area contributed by atoms with Gasteiger partial charge in [-0.1, -0.05) is 29.8 Å². The Kier molecular flexibility index (Phi) is 7.71. The van der Waals surface area contributed by atoms with Crippen LogP contribution >= 0.6 is 0 Å². The van der Waals surface area contributed by atoms with Gasteiger partial charge in [0.1, 0.15) is 0 Å². The van der Waals surface area contributed by atoms with Crippen LogP contribution in [0.1, 0.15) is 42.9 Å². The topological polar surface area (TPSA) is 64.1 Å². The Morgan fingerprint density at radius 3 is 2.61 bits per heavy atom. The molecule has 1 aromatic rings. The highest BCUT2D eigenvalue weighted by molar-refractivity contribution is 5.79. The van der Waals surface area contributed by atoms with Crippen molar-refractivity contribution in [2.45, 2.75) is 44.3 Å². The quantitative estimate of drug-likeness (QED) is 0.579. The molecule has 28 heavy (non-hydrogen) atoms. The van der Waals surface area contributed by atoms with Crippen molar-refractivity contribution < 1.29 is 14.2 Å². The fourth-order valence-corrected chi connectivity index (χ4v) is 4.07. The van der Waals surface area contributed by atoms with Crippen LogP contribution in [0.5, 0.6) is 0 Å². The van der Waals surface area contributed by atoms with E-state index in [1.54, 1.807) is 7.11 Å². The van der Waals surface area contributed by atoms with Gasteiger partial charge in [0.05, 0.1) is 11.7 Å². The lowest BCUT2D eigenvalue weighted by atomic mass is 9.89. The van der Waals surface area contributed by atoms with Crippen LogP contribution in [-0.4, -0.2) is 58.6 Å². The average Bonchev–Trinajstić information content (AvgIpc) is 2.75. The number of ether oxygens (including phenoxy) is 3. The summed E-state index contributed by atoms with van der Waals surface area (Å²) in [5, 5.41) is 6.95. The Morgan fingerprint density at radius 2 is 1.93 bits per heavy atom. The van der Waals surface area contributed by atoms with Crippen LogP contribution < -0.4 is 10.6 Å². The molecule has 2 fully saturated rings. The van der Waals surface area contributed by atoms with Gasteiger partial charge in [0.25, 0.3) is 0 Å². The van der Waals surface area contributed by atoms with Crippen molar-refractivity contribution in [2.75, 3.05) is 47.1 Å². The molecule has 0 aromatic heterocycles. The van der Waals surface area contributed by atoms with Crippen LogP contribution in [0, 0.1) is 12.8 Å². The second-order valence-electron chi connectivity index (χ2n) is 7.91. The standard InChI is InChI=1S/C22H35N3O3/c1-17-6-8-18(9-7-17)20-19(5-4-12-28-20)15-24-21(23-2)25-16-22(26-3)10-13-27-14-11-22/h6-9,19-20H,4-5,10-16H2,1-3H3,(H2,23,24,25). The normalized spacial score (nSPS) is 25.3. The third-order valence-electron chi connectivity index (χ3n) is 6.02. The smallest absolute Gasteiger partial charge is 0.191 e.